The van der Waals surface area contributed by atoms with Crippen molar-refractivity contribution in [3.63, 3.8) is 0 Å². The van der Waals surface area contributed by atoms with E-state index in [-0.39, 0.29) is 11.7 Å². The summed E-state index contributed by atoms with van der Waals surface area (Å²) in [6.45, 7) is 4.89. The Morgan fingerprint density at radius 1 is 1.14 bits per heavy atom. The molecule has 0 radical (unpaired) electrons. The summed E-state index contributed by atoms with van der Waals surface area (Å²) in [5, 5.41) is 4.83. The van der Waals surface area contributed by atoms with Crippen LogP contribution in [-0.2, 0) is 32.9 Å². The van der Waals surface area contributed by atoms with Crippen LogP contribution in [0.25, 0.3) is 16.9 Å². The van der Waals surface area contributed by atoms with E-state index in [1.54, 1.807) is 12.0 Å². The van der Waals surface area contributed by atoms with Gasteiger partial charge >= 0.3 is 0 Å². The van der Waals surface area contributed by atoms with Gasteiger partial charge in [-0.25, -0.2) is 4.68 Å². The molecule has 2 fully saturated rings. The van der Waals surface area contributed by atoms with Crippen LogP contribution < -0.4 is 0 Å². The summed E-state index contributed by atoms with van der Waals surface area (Å²) in [4.78, 5) is 18.4. The monoisotopic (exact) mass is 492 g/mol. The average molecular weight is 493 g/mol. The zero-order valence-electron chi connectivity index (χ0n) is 19.7. The van der Waals surface area contributed by atoms with Gasteiger partial charge in [0.05, 0.1) is 41.8 Å². The number of carbonyl (C=O) groups excluding carboxylic acids is 1. The van der Waals surface area contributed by atoms with Crippen LogP contribution >= 0.6 is 0 Å². The Hall–Kier alpha value is -2.69. The topological polar surface area (TPSA) is 82.9 Å². The van der Waals surface area contributed by atoms with Gasteiger partial charge in [-0.2, -0.15) is 5.10 Å². The summed E-state index contributed by atoms with van der Waals surface area (Å²) in [5.41, 5.74) is 4.97. The Morgan fingerprint density at radius 3 is 2.63 bits per heavy atom. The van der Waals surface area contributed by atoms with Gasteiger partial charge in [0.1, 0.15) is 5.75 Å². The number of methoxy groups -OCH3 is 1. The summed E-state index contributed by atoms with van der Waals surface area (Å²) in [6.07, 6.45) is 0.331. The van der Waals surface area contributed by atoms with Crippen molar-refractivity contribution in [3.05, 3.63) is 65.4 Å². The SMILES string of the molecule is COC1CN(Cc2ccc(-n3nc(C(=O)N4CCOCC4)c4c3-c3ccccc3[S+]([O-])C4)cc2)C1. The first kappa shape index (κ1) is 22.8. The molecule has 0 spiro atoms. The van der Waals surface area contributed by atoms with Crippen molar-refractivity contribution in [2.75, 3.05) is 46.5 Å². The molecular weight excluding hydrogens is 464 g/mol. The number of ether oxygens (including phenoxy) is 2. The fourth-order valence-electron chi connectivity index (χ4n) is 5.01. The van der Waals surface area contributed by atoms with Gasteiger partial charge in [-0.1, -0.05) is 24.3 Å². The Kier molecular flexibility index (Phi) is 6.11. The van der Waals surface area contributed by atoms with E-state index in [9.17, 15) is 9.35 Å². The predicted molar refractivity (Wildman–Crippen MR) is 132 cm³/mol. The molecule has 3 aromatic rings. The maximum atomic E-state index is 13.5. The van der Waals surface area contributed by atoms with Crippen LogP contribution in [0.1, 0.15) is 21.6 Å². The average Bonchev–Trinajstić information content (AvgIpc) is 3.26. The number of nitrogens with zero attached hydrogens (tertiary/aromatic N) is 4. The van der Waals surface area contributed by atoms with Gasteiger partial charge in [-0.15, -0.1) is 0 Å². The van der Waals surface area contributed by atoms with Crippen molar-refractivity contribution >= 4 is 17.1 Å². The van der Waals surface area contributed by atoms with Gasteiger partial charge in [-0.3, -0.25) is 9.69 Å². The molecule has 1 amide bonds. The molecule has 0 N–H and O–H groups in total. The molecule has 182 valence electrons. The number of hydrogen-bond acceptors (Lipinski definition) is 6. The van der Waals surface area contributed by atoms with Gasteiger partial charge in [-0.05, 0) is 41.0 Å². The van der Waals surface area contributed by atoms with E-state index in [4.69, 9.17) is 14.6 Å². The van der Waals surface area contributed by atoms with Crippen LogP contribution in [0, 0.1) is 0 Å². The van der Waals surface area contributed by atoms with E-state index in [0.717, 1.165) is 47.0 Å². The highest BCUT2D eigenvalue weighted by atomic mass is 32.2. The smallest absolute Gasteiger partial charge is 0.275 e. The van der Waals surface area contributed by atoms with Crippen molar-refractivity contribution in [2.45, 2.75) is 23.3 Å². The maximum absolute atomic E-state index is 13.5. The summed E-state index contributed by atoms with van der Waals surface area (Å²) in [7, 11) is 1.76. The van der Waals surface area contributed by atoms with Crippen LogP contribution in [-0.4, -0.2) is 82.6 Å². The van der Waals surface area contributed by atoms with Crippen LogP contribution in [0.5, 0.6) is 0 Å². The lowest BCUT2D eigenvalue weighted by atomic mass is 10.0. The highest BCUT2D eigenvalue weighted by Gasteiger charge is 2.37. The van der Waals surface area contributed by atoms with E-state index in [2.05, 4.69) is 17.0 Å². The lowest BCUT2D eigenvalue weighted by molar-refractivity contribution is -0.0333. The second-order valence-electron chi connectivity index (χ2n) is 9.20. The number of hydrogen-bond donors (Lipinski definition) is 0. The minimum atomic E-state index is -1.22. The molecule has 0 saturated carbocycles. The number of likely N-dealkylation sites (tertiary alicyclic amines) is 1. The van der Waals surface area contributed by atoms with E-state index in [0.29, 0.717) is 38.1 Å². The summed E-state index contributed by atoms with van der Waals surface area (Å²) >= 11 is -1.22. The minimum Gasteiger partial charge on any atom is -0.611 e. The molecule has 0 aliphatic carbocycles. The number of benzene rings is 2. The third kappa shape index (κ3) is 4.17. The summed E-state index contributed by atoms with van der Waals surface area (Å²) in [5.74, 6) is 0.160. The van der Waals surface area contributed by atoms with Gasteiger partial charge < -0.3 is 18.9 Å². The molecule has 6 rings (SSSR count). The maximum Gasteiger partial charge on any atom is 0.275 e. The van der Waals surface area contributed by atoms with Crippen molar-refractivity contribution in [3.8, 4) is 16.9 Å². The van der Waals surface area contributed by atoms with Crippen LogP contribution in [0.15, 0.2) is 53.4 Å². The Labute approximate surface area is 207 Å². The van der Waals surface area contributed by atoms with E-state index < -0.39 is 11.2 Å². The molecule has 1 atom stereocenters. The first-order valence-corrected chi connectivity index (χ1v) is 13.3. The molecule has 8 nitrogen and oxygen atoms in total. The molecular formula is C26H28N4O4S. The molecule has 2 saturated heterocycles. The van der Waals surface area contributed by atoms with Gasteiger partial charge in [0, 0.05) is 39.8 Å². The highest BCUT2D eigenvalue weighted by molar-refractivity contribution is 7.90. The Balaban J connectivity index is 1.37. The van der Waals surface area contributed by atoms with Crippen molar-refractivity contribution in [1.82, 2.24) is 19.6 Å². The lowest BCUT2D eigenvalue weighted by Crippen LogP contribution is -2.50. The molecule has 3 aliphatic heterocycles. The zero-order valence-corrected chi connectivity index (χ0v) is 20.5. The minimum absolute atomic E-state index is 0.123. The molecule has 4 heterocycles. The quantitative estimate of drug-likeness (QED) is 0.509. The number of fused-ring (bicyclic) bond motifs is 3. The Bertz CT molecular complexity index is 1230. The van der Waals surface area contributed by atoms with Crippen molar-refractivity contribution in [2.24, 2.45) is 0 Å². The third-order valence-corrected chi connectivity index (χ3v) is 8.39. The number of amides is 1. The Morgan fingerprint density at radius 2 is 1.89 bits per heavy atom. The fraction of sp³-hybridized carbons (Fsp3) is 0.385. The van der Waals surface area contributed by atoms with Crippen molar-refractivity contribution < 1.29 is 18.8 Å². The van der Waals surface area contributed by atoms with Crippen molar-refractivity contribution in [1.29, 1.82) is 0 Å². The standard InChI is InChI=1S/C26H28N4O4S/c1-33-20-15-28(16-20)14-18-6-8-19(9-7-18)30-25-21-4-2-3-5-23(21)35(32)17-22(25)24(27-30)26(31)29-10-12-34-13-11-29/h2-9,20H,10-17H2,1H3. The van der Waals surface area contributed by atoms with Gasteiger partial charge in [0.2, 0.25) is 0 Å². The lowest BCUT2D eigenvalue weighted by Gasteiger charge is -2.38. The number of carbonyl (C=O) groups is 1. The van der Waals surface area contributed by atoms with Crippen LogP contribution in [0.3, 0.4) is 0 Å². The molecule has 1 unspecified atom stereocenters. The number of morpholine rings is 1. The number of rotatable bonds is 5. The van der Waals surface area contributed by atoms with E-state index >= 15 is 0 Å². The van der Waals surface area contributed by atoms with Gasteiger partial charge in [0.25, 0.3) is 5.91 Å². The molecule has 0 bridgehead atoms. The molecule has 2 aromatic carbocycles. The molecule has 35 heavy (non-hydrogen) atoms. The van der Waals surface area contributed by atoms with E-state index in [1.165, 1.54) is 5.56 Å². The summed E-state index contributed by atoms with van der Waals surface area (Å²) in [6, 6.07) is 16.0. The summed E-state index contributed by atoms with van der Waals surface area (Å²) < 4.78 is 25.7. The predicted octanol–water partition coefficient (Wildman–Crippen LogP) is 2.46. The molecule has 3 aliphatic rings. The van der Waals surface area contributed by atoms with E-state index in [1.807, 2.05) is 41.1 Å². The zero-order chi connectivity index (χ0) is 23.9. The first-order chi connectivity index (χ1) is 17.1. The third-order valence-electron chi connectivity index (χ3n) is 6.99. The van der Waals surface area contributed by atoms with Crippen LogP contribution in [0.4, 0.5) is 0 Å². The number of aromatic nitrogens is 2. The highest BCUT2D eigenvalue weighted by Crippen LogP contribution is 2.40. The fourth-order valence-corrected chi connectivity index (χ4v) is 6.34. The van der Waals surface area contributed by atoms with Crippen LogP contribution in [0.2, 0.25) is 0 Å². The molecule has 1 aromatic heterocycles. The first-order valence-electron chi connectivity index (χ1n) is 11.9. The largest absolute Gasteiger partial charge is 0.611 e. The van der Waals surface area contributed by atoms with Gasteiger partial charge in [0.15, 0.2) is 10.6 Å². The second kappa shape index (κ2) is 9.40. The second-order valence-corrected chi connectivity index (χ2v) is 10.6. The normalized spacial score (nSPS) is 20.3. The molecule has 9 heteroatoms.